The minimum atomic E-state index is -0.319. The van der Waals surface area contributed by atoms with Crippen LogP contribution in [0.15, 0.2) is 42.5 Å². The highest BCUT2D eigenvalue weighted by Crippen LogP contribution is 2.39. The molecule has 3 rings (SSSR count). The molecular formula is C22H28FNO4. The zero-order valence-electron chi connectivity index (χ0n) is 17.1. The normalized spacial score (nSPS) is 18.1. The Labute approximate surface area is 166 Å². The molecule has 152 valence electrons. The first-order valence-corrected chi connectivity index (χ1v) is 9.46. The van der Waals surface area contributed by atoms with Gasteiger partial charge in [0.25, 0.3) is 0 Å². The zero-order chi connectivity index (χ0) is 20.7. The highest BCUT2D eigenvalue weighted by molar-refractivity contribution is 5.68. The second-order valence-electron chi connectivity index (χ2n) is 6.43. The third-order valence-corrected chi connectivity index (χ3v) is 4.70. The number of hydrogen-bond acceptors (Lipinski definition) is 4. The Morgan fingerprint density at radius 1 is 1.04 bits per heavy atom. The van der Waals surface area contributed by atoms with Gasteiger partial charge in [-0.1, -0.05) is 26.8 Å². The van der Waals surface area contributed by atoms with Crippen LogP contribution in [0.25, 0.3) is 0 Å². The van der Waals surface area contributed by atoms with Crippen LogP contribution in [0.3, 0.4) is 0 Å². The van der Waals surface area contributed by atoms with E-state index >= 15 is 0 Å². The summed E-state index contributed by atoms with van der Waals surface area (Å²) in [5, 5.41) is 0. The first kappa shape index (κ1) is 21.5. The summed E-state index contributed by atoms with van der Waals surface area (Å²) in [6.07, 6.45) is -0.310. The Hall–Kier alpha value is -2.76. The van der Waals surface area contributed by atoms with E-state index in [0.29, 0.717) is 36.3 Å². The van der Waals surface area contributed by atoms with Crippen LogP contribution < -0.4 is 9.47 Å². The number of benzene rings is 2. The number of hydrogen-bond donors (Lipinski definition) is 0. The summed E-state index contributed by atoms with van der Waals surface area (Å²) in [5.41, 5.74) is 1.06. The van der Waals surface area contributed by atoms with Gasteiger partial charge in [-0.3, -0.25) is 0 Å². The lowest BCUT2D eigenvalue weighted by molar-refractivity contribution is 0.131. The van der Waals surface area contributed by atoms with Crippen LogP contribution in [0.1, 0.15) is 32.3 Å². The highest BCUT2D eigenvalue weighted by atomic mass is 19.1. The van der Waals surface area contributed by atoms with Gasteiger partial charge in [0.15, 0.2) is 11.5 Å². The SMILES string of the molecule is CC.COC(=O)N1C[C@H](C)[C@H](c2ccc(OC)c(Oc3ccc(F)cc3)c2)C1. The molecule has 1 fully saturated rings. The van der Waals surface area contributed by atoms with Crippen molar-refractivity contribution in [3.05, 3.63) is 53.8 Å². The van der Waals surface area contributed by atoms with Crippen LogP contribution in [0, 0.1) is 11.7 Å². The van der Waals surface area contributed by atoms with Crippen LogP contribution in [-0.2, 0) is 4.74 Å². The Morgan fingerprint density at radius 3 is 2.32 bits per heavy atom. The largest absolute Gasteiger partial charge is 0.493 e. The molecule has 0 unspecified atom stereocenters. The van der Waals surface area contributed by atoms with E-state index in [2.05, 4.69) is 6.92 Å². The molecule has 1 amide bonds. The second-order valence-corrected chi connectivity index (χ2v) is 6.43. The van der Waals surface area contributed by atoms with E-state index in [-0.39, 0.29) is 17.8 Å². The number of ether oxygens (including phenoxy) is 3. The number of methoxy groups -OCH3 is 2. The molecule has 0 radical (unpaired) electrons. The van der Waals surface area contributed by atoms with Gasteiger partial charge in [0, 0.05) is 19.0 Å². The molecular weight excluding hydrogens is 361 g/mol. The van der Waals surface area contributed by atoms with Gasteiger partial charge in [-0.25, -0.2) is 9.18 Å². The van der Waals surface area contributed by atoms with Crippen molar-refractivity contribution in [1.82, 2.24) is 4.90 Å². The van der Waals surface area contributed by atoms with Crippen molar-refractivity contribution >= 4 is 6.09 Å². The molecule has 6 heteroatoms. The van der Waals surface area contributed by atoms with E-state index in [9.17, 15) is 9.18 Å². The van der Waals surface area contributed by atoms with Crippen molar-refractivity contribution in [2.24, 2.45) is 5.92 Å². The Morgan fingerprint density at radius 2 is 1.71 bits per heavy atom. The minimum Gasteiger partial charge on any atom is -0.493 e. The third-order valence-electron chi connectivity index (χ3n) is 4.70. The average Bonchev–Trinajstić information content (AvgIpc) is 3.12. The van der Waals surface area contributed by atoms with E-state index in [0.717, 1.165) is 5.56 Å². The summed E-state index contributed by atoms with van der Waals surface area (Å²) in [6, 6.07) is 11.6. The molecule has 2 aromatic rings. The number of carbonyl (C=O) groups is 1. The quantitative estimate of drug-likeness (QED) is 0.697. The standard InChI is InChI=1S/C20H22FNO4.C2H6/c1-13-11-22(20(23)25-3)12-17(13)14-4-9-18(24-2)19(10-14)26-16-7-5-15(21)6-8-16;1-2/h4-10,13,17H,11-12H2,1-3H3;1-2H3/t13-,17+;/m0./s1. The fourth-order valence-corrected chi connectivity index (χ4v) is 3.31. The van der Waals surface area contributed by atoms with Crippen molar-refractivity contribution in [3.8, 4) is 17.2 Å². The summed E-state index contributed by atoms with van der Waals surface area (Å²) in [7, 11) is 2.96. The van der Waals surface area contributed by atoms with Crippen LogP contribution in [0.2, 0.25) is 0 Å². The molecule has 0 N–H and O–H groups in total. The molecule has 0 aromatic heterocycles. The van der Waals surface area contributed by atoms with Gasteiger partial charge in [-0.05, 0) is 47.9 Å². The smallest absolute Gasteiger partial charge is 0.409 e. The van der Waals surface area contributed by atoms with E-state index in [1.807, 2.05) is 32.0 Å². The Bertz CT molecular complexity index is 779. The highest BCUT2D eigenvalue weighted by Gasteiger charge is 2.34. The molecule has 0 spiro atoms. The molecule has 2 atom stereocenters. The van der Waals surface area contributed by atoms with Gasteiger partial charge >= 0.3 is 6.09 Å². The minimum absolute atomic E-state index is 0.176. The van der Waals surface area contributed by atoms with Crippen LogP contribution >= 0.6 is 0 Å². The molecule has 0 aliphatic carbocycles. The first-order valence-electron chi connectivity index (χ1n) is 9.46. The molecule has 0 saturated carbocycles. The lowest BCUT2D eigenvalue weighted by atomic mass is 9.90. The number of rotatable bonds is 4. The summed E-state index contributed by atoms with van der Waals surface area (Å²) in [4.78, 5) is 13.5. The van der Waals surface area contributed by atoms with Gasteiger partial charge in [-0.2, -0.15) is 0 Å². The van der Waals surface area contributed by atoms with Gasteiger partial charge < -0.3 is 19.1 Å². The monoisotopic (exact) mass is 389 g/mol. The van der Waals surface area contributed by atoms with Crippen molar-refractivity contribution in [2.75, 3.05) is 27.3 Å². The van der Waals surface area contributed by atoms with Crippen molar-refractivity contribution in [2.45, 2.75) is 26.7 Å². The van der Waals surface area contributed by atoms with E-state index in [1.165, 1.54) is 19.2 Å². The maximum Gasteiger partial charge on any atom is 0.409 e. The van der Waals surface area contributed by atoms with Gasteiger partial charge in [0.05, 0.1) is 14.2 Å². The molecule has 1 aliphatic heterocycles. The molecule has 1 saturated heterocycles. The maximum atomic E-state index is 13.1. The van der Waals surface area contributed by atoms with Crippen molar-refractivity contribution in [3.63, 3.8) is 0 Å². The molecule has 28 heavy (non-hydrogen) atoms. The number of nitrogens with zero attached hydrogens (tertiary/aromatic N) is 1. The first-order chi connectivity index (χ1) is 13.5. The van der Waals surface area contributed by atoms with Gasteiger partial charge in [-0.15, -0.1) is 0 Å². The second kappa shape index (κ2) is 9.97. The Balaban J connectivity index is 0.00000136. The summed E-state index contributed by atoms with van der Waals surface area (Å²) in [5.74, 6) is 1.82. The number of carbonyl (C=O) groups excluding carboxylic acids is 1. The van der Waals surface area contributed by atoms with E-state index in [4.69, 9.17) is 14.2 Å². The van der Waals surface area contributed by atoms with Crippen molar-refractivity contribution in [1.29, 1.82) is 0 Å². The lowest BCUT2D eigenvalue weighted by Gasteiger charge is -2.18. The van der Waals surface area contributed by atoms with E-state index in [1.54, 1.807) is 24.1 Å². The lowest BCUT2D eigenvalue weighted by Crippen LogP contribution is -2.28. The van der Waals surface area contributed by atoms with E-state index < -0.39 is 0 Å². The average molecular weight is 389 g/mol. The van der Waals surface area contributed by atoms with Crippen LogP contribution in [0.4, 0.5) is 9.18 Å². The third kappa shape index (κ3) is 4.94. The van der Waals surface area contributed by atoms with Gasteiger partial charge in [0.1, 0.15) is 11.6 Å². The molecule has 2 aromatic carbocycles. The number of halogens is 1. The number of likely N-dealkylation sites (tertiary alicyclic amines) is 1. The number of amides is 1. The maximum absolute atomic E-state index is 13.1. The predicted octanol–water partition coefficient (Wildman–Crippen LogP) is 5.45. The fourth-order valence-electron chi connectivity index (χ4n) is 3.31. The topological polar surface area (TPSA) is 48.0 Å². The fraction of sp³-hybridized carbons (Fsp3) is 0.409. The van der Waals surface area contributed by atoms with Crippen molar-refractivity contribution < 1.29 is 23.4 Å². The molecule has 1 heterocycles. The zero-order valence-corrected chi connectivity index (χ0v) is 17.1. The summed E-state index contributed by atoms with van der Waals surface area (Å²) in [6.45, 7) is 7.35. The predicted molar refractivity (Wildman–Crippen MR) is 107 cm³/mol. The molecule has 0 bridgehead atoms. The van der Waals surface area contributed by atoms with Gasteiger partial charge in [0.2, 0.25) is 0 Å². The van der Waals surface area contributed by atoms with Crippen LogP contribution in [-0.4, -0.2) is 38.3 Å². The molecule has 1 aliphatic rings. The Kier molecular flexibility index (Phi) is 7.67. The summed E-state index contributed by atoms with van der Waals surface area (Å²) >= 11 is 0. The molecule has 5 nitrogen and oxygen atoms in total. The van der Waals surface area contributed by atoms with Crippen LogP contribution in [0.5, 0.6) is 17.2 Å². The summed E-state index contributed by atoms with van der Waals surface area (Å²) < 4.78 is 29.2.